The molecule has 6 nitrogen and oxygen atoms in total. The molecule has 2 N–H and O–H groups in total. The molecule has 0 aromatic carbocycles. The minimum Gasteiger partial charge on any atom is -0.337 e. The lowest BCUT2D eigenvalue weighted by Gasteiger charge is -2.23. The molecule has 6 heteroatoms. The summed E-state index contributed by atoms with van der Waals surface area (Å²) < 4.78 is 5.20. The van der Waals surface area contributed by atoms with Gasteiger partial charge in [0.1, 0.15) is 11.5 Å². The molecule has 0 amide bonds. The minimum atomic E-state index is -0.304. The van der Waals surface area contributed by atoms with Gasteiger partial charge >= 0.3 is 0 Å². The van der Waals surface area contributed by atoms with Gasteiger partial charge in [-0.15, -0.1) is 0 Å². The predicted molar refractivity (Wildman–Crippen MR) is 66.4 cm³/mol. The molecule has 0 aliphatic heterocycles. The Morgan fingerprint density at radius 3 is 2.61 bits per heavy atom. The summed E-state index contributed by atoms with van der Waals surface area (Å²) >= 11 is 0. The van der Waals surface area contributed by atoms with Crippen LogP contribution in [-0.4, -0.2) is 20.1 Å². The van der Waals surface area contributed by atoms with Crippen molar-refractivity contribution in [1.29, 1.82) is 0 Å². The number of aryl methyl sites for hydroxylation is 1. The second-order valence-electron chi connectivity index (χ2n) is 5.29. The zero-order chi connectivity index (χ0) is 13.3. The first-order valence-electron chi connectivity index (χ1n) is 5.77. The van der Waals surface area contributed by atoms with Crippen LogP contribution >= 0.6 is 0 Å². The highest BCUT2D eigenvalue weighted by molar-refractivity contribution is 5.47. The van der Waals surface area contributed by atoms with Gasteiger partial charge in [0.15, 0.2) is 0 Å². The van der Waals surface area contributed by atoms with Gasteiger partial charge in [0.05, 0.1) is 6.04 Å². The highest BCUT2D eigenvalue weighted by Gasteiger charge is 2.27. The van der Waals surface area contributed by atoms with Gasteiger partial charge in [0, 0.05) is 6.20 Å². The van der Waals surface area contributed by atoms with Crippen LogP contribution in [0.5, 0.6) is 0 Å². The van der Waals surface area contributed by atoms with Gasteiger partial charge in [-0.3, -0.25) is 0 Å². The summed E-state index contributed by atoms with van der Waals surface area (Å²) in [6.45, 7) is 7.88. The molecule has 1 atom stereocenters. The summed E-state index contributed by atoms with van der Waals surface area (Å²) in [4.78, 5) is 12.6. The Bertz CT molecular complexity index is 543. The van der Waals surface area contributed by atoms with E-state index >= 15 is 0 Å². The van der Waals surface area contributed by atoms with Gasteiger partial charge in [0.25, 0.3) is 0 Å². The van der Waals surface area contributed by atoms with Crippen molar-refractivity contribution in [3.8, 4) is 11.5 Å². The molecule has 0 bridgehead atoms. The molecule has 0 radical (unpaired) electrons. The van der Waals surface area contributed by atoms with Crippen LogP contribution in [0.4, 0.5) is 0 Å². The fourth-order valence-electron chi connectivity index (χ4n) is 1.42. The number of nitrogens with zero attached hydrogens (tertiary/aromatic N) is 4. The second kappa shape index (κ2) is 4.45. The maximum Gasteiger partial charge on any atom is 0.244 e. The number of aromatic nitrogens is 4. The van der Waals surface area contributed by atoms with Gasteiger partial charge < -0.3 is 10.3 Å². The molecule has 0 spiro atoms. The fraction of sp³-hybridized carbons (Fsp3) is 0.500. The van der Waals surface area contributed by atoms with Crippen molar-refractivity contribution in [2.75, 3.05) is 0 Å². The van der Waals surface area contributed by atoms with Crippen molar-refractivity contribution in [3.63, 3.8) is 0 Å². The van der Waals surface area contributed by atoms with Crippen LogP contribution in [0.15, 0.2) is 16.8 Å². The van der Waals surface area contributed by atoms with Crippen molar-refractivity contribution >= 4 is 0 Å². The van der Waals surface area contributed by atoms with E-state index in [4.69, 9.17) is 10.3 Å². The van der Waals surface area contributed by atoms with E-state index in [1.54, 1.807) is 12.3 Å². The average molecular weight is 247 g/mol. The monoisotopic (exact) mass is 247 g/mol. The van der Waals surface area contributed by atoms with Crippen LogP contribution in [0.2, 0.25) is 0 Å². The molecule has 0 aliphatic rings. The van der Waals surface area contributed by atoms with E-state index in [1.807, 2.05) is 27.7 Å². The van der Waals surface area contributed by atoms with Crippen LogP contribution in [0.1, 0.15) is 38.5 Å². The molecule has 2 aromatic heterocycles. The summed E-state index contributed by atoms with van der Waals surface area (Å²) in [5.74, 6) is 1.53. The SMILES string of the molecule is Cc1nccc(-c2noc(C(N)C(C)(C)C)n2)n1. The van der Waals surface area contributed by atoms with E-state index in [-0.39, 0.29) is 11.5 Å². The van der Waals surface area contributed by atoms with E-state index in [0.717, 1.165) is 0 Å². The third-order valence-electron chi connectivity index (χ3n) is 2.65. The standard InChI is InChI=1S/C12H17N5O/c1-7-14-6-5-8(15-7)10-16-11(18-17-10)9(13)12(2,3)4/h5-6,9H,13H2,1-4H3. The molecular weight excluding hydrogens is 230 g/mol. The van der Waals surface area contributed by atoms with Gasteiger partial charge in [-0.25, -0.2) is 9.97 Å². The molecular formula is C12H17N5O. The number of hydrogen-bond acceptors (Lipinski definition) is 6. The Labute approximate surface area is 106 Å². The van der Waals surface area contributed by atoms with Gasteiger partial charge in [-0.1, -0.05) is 25.9 Å². The maximum atomic E-state index is 6.06. The summed E-state index contributed by atoms with van der Waals surface area (Å²) in [6.07, 6.45) is 1.66. The number of nitrogens with two attached hydrogens (primary N) is 1. The lowest BCUT2D eigenvalue weighted by atomic mass is 9.87. The molecule has 0 aliphatic carbocycles. The molecule has 0 fully saturated rings. The largest absolute Gasteiger partial charge is 0.337 e. The quantitative estimate of drug-likeness (QED) is 0.871. The number of hydrogen-bond donors (Lipinski definition) is 1. The van der Waals surface area contributed by atoms with Crippen molar-refractivity contribution in [2.45, 2.75) is 33.7 Å². The van der Waals surface area contributed by atoms with E-state index in [1.165, 1.54) is 0 Å². The van der Waals surface area contributed by atoms with Gasteiger partial charge in [-0.05, 0) is 18.4 Å². The maximum absolute atomic E-state index is 6.06. The van der Waals surface area contributed by atoms with Crippen molar-refractivity contribution < 1.29 is 4.52 Å². The van der Waals surface area contributed by atoms with Crippen molar-refractivity contribution in [3.05, 3.63) is 24.0 Å². The highest BCUT2D eigenvalue weighted by atomic mass is 16.5. The Morgan fingerprint density at radius 1 is 1.28 bits per heavy atom. The zero-order valence-electron chi connectivity index (χ0n) is 11.0. The van der Waals surface area contributed by atoms with Crippen LogP contribution in [-0.2, 0) is 0 Å². The first-order valence-corrected chi connectivity index (χ1v) is 5.77. The predicted octanol–water partition coefficient (Wildman–Crippen LogP) is 1.88. The van der Waals surface area contributed by atoms with Crippen LogP contribution < -0.4 is 5.73 Å². The number of rotatable bonds is 2. The summed E-state index contributed by atoms with van der Waals surface area (Å²) in [6, 6.07) is 1.44. The molecule has 2 aromatic rings. The molecule has 2 heterocycles. The normalized spacial score (nSPS) is 13.6. The lowest BCUT2D eigenvalue weighted by Crippen LogP contribution is -2.26. The zero-order valence-corrected chi connectivity index (χ0v) is 11.0. The Hall–Kier alpha value is -1.82. The minimum absolute atomic E-state index is 0.134. The van der Waals surface area contributed by atoms with E-state index in [2.05, 4.69) is 20.1 Å². The summed E-state index contributed by atoms with van der Waals surface area (Å²) in [5.41, 5.74) is 6.57. The first-order chi connectivity index (χ1) is 8.38. The topological polar surface area (TPSA) is 90.7 Å². The van der Waals surface area contributed by atoms with Crippen LogP contribution in [0, 0.1) is 12.3 Å². The summed E-state index contributed by atoms with van der Waals surface area (Å²) in [7, 11) is 0. The molecule has 0 saturated carbocycles. The molecule has 1 unspecified atom stereocenters. The van der Waals surface area contributed by atoms with Gasteiger partial charge in [0.2, 0.25) is 11.7 Å². The third kappa shape index (κ3) is 2.53. The van der Waals surface area contributed by atoms with Crippen LogP contribution in [0.3, 0.4) is 0 Å². The first kappa shape index (κ1) is 12.6. The van der Waals surface area contributed by atoms with Crippen LogP contribution in [0.25, 0.3) is 11.5 Å². The summed E-state index contributed by atoms with van der Waals surface area (Å²) in [5, 5.41) is 3.91. The Morgan fingerprint density at radius 2 is 2.00 bits per heavy atom. The van der Waals surface area contributed by atoms with E-state index in [9.17, 15) is 0 Å². The van der Waals surface area contributed by atoms with Gasteiger partial charge in [-0.2, -0.15) is 4.98 Å². The average Bonchev–Trinajstić information content (AvgIpc) is 2.75. The molecule has 18 heavy (non-hydrogen) atoms. The third-order valence-corrected chi connectivity index (χ3v) is 2.65. The molecule has 2 rings (SSSR count). The fourth-order valence-corrected chi connectivity index (χ4v) is 1.42. The van der Waals surface area contributed by atoms with Crippen molar-refractivity contribution in [1.82, 2.24) is 20.1 Å². The Kier molecular flexibility index (Phi) is 3.13. The smallest absolute Gasteiger partial charge is 0.244 e. The van der Waals surface area contributed by atoms with Crippen molar-refractivity contribution in [2.24, 2.45) is 11.1 Å². The second-order valence-corrected chi connectivity index (χ2v) is 5.29. The highest BCUT2D eigenvalue weighted by Crippen LogP contribution is 2.30. The molecule has 0 saturated heterocycles. The van der Waals surface area contributed by atoms with E-state index < -0.39 is 0 Å². The van der Waals surface area contributed by atoms with E-state index in [0.29, 0.717) is 23.2 Å². The molecule has 96 valence electrons. The lowest BCUT2D eigenvalue weighted by molar-refractivity contribution is 0.253. The Balaban J connectivity index is 2.31.